The summed E-state index contributed by atoms with van der Waals surface area (Å²) in [6.07, 6.45) is 1.28. The molecule has 0 bridgehead atoms. The van der Waals surface area contributed by atoms with Crippen molar-refractivity contribution in [3.63, 3.8) is 0 Å². The molecule has 0 aliphatic heterocycles. The molecule has 40 heavy (non-hydrogen) atoms. The van der Waals surface area contributed by atoms with Gasteiger partial charge in [0.25, 0.3) is 0 Å². The molecular weight excluding hydrogens is 540 g/mol. The number of carbonyl (C=O) groups is 5. The molecule has 216 valence electrons. The minimum absolute atomic E-state index is 0.0220. The lowest BCUT2D eigenvalue weighted by Gasteiger charge is -2.25. The quantitative estimate of drug-likeness (QED) is 0.146. The molecule has 13 heteroatoms. The number of hydrogen-bond donors (Lipinski definition) is 7. The van der Waals surface area contributed by atoms with Crippen LogP contribution in [0.25, 0.3) is 0 Å². The Balaban J connectivity index is 2.21. The van der Waals surface area contributed by atoms with Crippen LogP contribution in [0.15, 0.2) is 54.6 Å². The predicted molar refractivity (Wildman–Crippen MR) is 149 cm³/mol. The summed E-state index contributed by atoms with van der Waals surface area (Å²) in [5.74, 6) is -4.62. The molecule has 2 aromatic carbocycles. The number of phenolic OH excluding ortho intramolecular Hbond substituents is 1. The third kappa shape index (κ3) is 10.9. The zero-order valence-electron chi connectivity index (χ0n) is 21.9. The maximum Gasteiger partial charge on any atom is 0.326 e. The fourth-order valence-corrected chi connectivity index (χ4v) is 4.20. The van der Waals surface area contributed by atoms with Crippen molar-refractivity contribution in [2.24, 2.45) is 5.73 Å². The van der Waals surface area contributed by atoms with Crippen molar-refractivity contribution < 1.29 is 39.3 Å². The summed E-state index contributed by atoms with van der Waals surface area (Å²) in [6.45, 7) is 0. The predicted octanol–water partition coefficient (Wildman–Crippen LogP) is 0.272. The molecule has 0 saturated carbocycles. The van der Waals surface area contributed by atoms with Crippen LogP contribution in [-0.4, -0.2) is 81.2 Å². The van der Waals surface area contributed by atoms with E-state index in [0.717, 1.165) is 0 Å². The van der Waals surface area contributed by atoms with Crippen molar-refractivity contribution in [3.05, 3.63) is 65.7 Å². The number of carbonyl (C=O) groups excluding carboxylic acids is 3. The van der Waals surface area contributed by atoms with E-state index in [0.29, 0.717) is 23.3 Å². The normalized spacial score (nSPS) is 13.8. The first-order valence-electron chi connectivity index (χ1n) is 12.4. The number of aromatic hydroxyl groups is 1. The highest BCUT2D eigenvalue weighted by molar-refractivity contribution is 7.98. The standard InChI is InChI=1S/C27H34N4O8S/c1-40-12-11-19(28)24(35)29-20(13-16-5-3-2-4-6-16)25(36)30-21(15-23(33)34)26(37)31-22(27(38)39)14-17-7-9-18(32)10-8-17/h2-10,19-22,32H,11-15,28H2,1H3,(H,29,35)(H,30,36)(H,31,37)(H,33,34)(H,38,39). The second-order valence-electron chi connectivity index (χ2n) is 9.07. The number of thioether (sulfide) groups is 1. The van der Waals surface area contributed by atoms with Gasteiger partial charge in [-0.1, -0.05) is 42.5 Å². The van der Waals surface area contributed by atoms with E-state index in [1.165, 1.54) is 36.0 Å². The Labute approximate surface area is 235 Å². The molecule has 0 aliphatic carbocycles. The lowest BCUT2D eigenvalue weighted by Crippen LogP contribution is -2.58. The largest absolute Gasteiger partial charge is 0.508 e. The van der Waals surface area contributed by atoms with Crippen LogP contribution in [-0.2, 0) is 36.8 Å². The van der Waals surface area contributed by atoms with Gasteiger partial charge >= 0.3 is 11.9 Å². The maximum absolute atomic E-state index is 13.3. The van der Waals surface area contributed by atoms with E-state index >= 15 is 0 Å². The van der Waals surface area contributed by atoms with E-state index in [-0.39, 0.29) is 18.6 Å². The fourth-order valence-electron chi connectivity index (χ4n) is 3.71. The maximum atomic E-state index is 13.3. The SMILES string of the molecule is CSCCC(N)C(=O)NC(Cc1ccccc1)C(=O)NC(CC(=O)O)C(=O)NC(Cc1ccc(O)cc1)C(=O)O. The van der Waals surface area contributed by atoms with Crippen molar-refractivity contribution in [1.82, 2.24) is 16.0 Å². The second kappa shape index (κ2) is 16.1. The monoisotopic (exact) mass is 574 g/mol. The Morgan fingerprint density at radius 3 is 1.88 bits per heavy atom. The van der Waals surface area contributed by atoms with E-state index < -0.39 is 60.2 Å². The lowest BCUT2D eigenvalue weighted by molar-refractivity contribution is -0.143. The first-order chi connectivity index (χ1) is 19.0. The van der Waals surface area contributed by atoms with Gasteiger partial charge in [-0.25, -0.2) is 4.79 Å². The molecule has 3 amide bonds. The summed E-state index contributed by atoms with van der Waals surface area (Å²) >= 11 is 1.51. The van der Waals surface area contributed by atoms with E-state index in [2.05, 4.69) is 16.0 Å². The topological polar surface area (TPSA) is 208 Å². The molecule has 0 saturated heterocycles. The molecule has 8 N–H and O–H groups in total. The van der Waals surface area contributed by atoms with E-state index in [4.69, 9.17) is 5.73 Å². The molecule has 12 nitrogen and oxygen atoms in total. The van der Waals surface area contributed by atoms with E-state index in [9.17, 15) is 39.3 Å². The summed E-state index contributed by atoms with van der Waals surface area (Å²) in [4.78, 5) is 62.3. The Morgan fingerprint density at radius 1 is 0.775 bits per heavy atom. The van der Waals surface area contributed by atoms with Crippen molar-refractivity contribution in [2.75, 3.05) is 12.0 Å². The zero-order valence-corrected chi connectivity index (χ0v) is 22.7. The second-order valence-corrected chi connectivity index (χ2v) is 10.1. The molecule has 0 aliphatic rings. The number of hydrogen-bond acceptors (Lipinski definition) is 8. The number of amides is 3. The first-order valence-corrected chi connectivity index (χ1v) is 13.8. The molecule has 0 spiro atoms. The summed E-state index contributed by atoms with van der Waals surface area (Å²) in [5, 5.41) is 35.6. The van der Waals surface area contributed by atoms with Gasteiger partial charge in [-0.3, -0.25) is 19.2 Å². The van der Waals surface area contributed by atoms with Crippen LogP contribution >= 0.6 is 11.8 Å². The minimum Gasteiger partial charge on any atom is -0.508 e. The molecule has 0 aromatic heterocycles. The van der Waals surface area contributed by atoms with Crippen molar-refractivity contribution >= 4 is 41.4 Å². The number of rotatable bonds is 16. The summed E-state index contributed by atoms with van der Waals surface area (Å²) < 4.78 is 0. The van der Waals surface area contributed by atoms with Crippen LogP contribution in [0.3, 0.4) is 0 Å². The summed E-state index contributed by atoms with van der Waals surface area (Å²) in [5.41, 5.74) is 7.13. The molecule has 0 heterocycles. The fraction of sp³-hybridized carbons (Fsp3) is 0.370. The van der Waals surface area contributed by atoms with Gasteiger partial charge in [-0.15, -0.1) is 0 Å². The molecule has 4 atom stereocenters. The number of carboxylic acid groups (broad SMARTS) is 2. The number of phenols is 1. The Morgan fingerprint density at radius 2 is 1.30 bits per heavy atom. The van der Waals surface area contributed by atoms with Gasteiger partial charge < -0.3 is 37.0 Å². The number of carboxylic acids is 2. The van der Waals surface area contributed by atoms with Gasteiger partial charge in [0, 0.05) is 12.8 Å². The number of nitrogens with two attached hydrogens (primary N) is 1. The van der Waals surface area contributed by atoms with E-state index in [1.54, 1.807) is 30.3 Å². The van der Waals surface area contributed by atoms with Crippen LogP contribution in [0.4, 0.5) is 0 Å². The third-order valence-electron chi connectivity index (χ3n) is 5.89. The van der Waals surface area contributed by atoms with Gasteiger partial charge in [0.15, 0.2) is 0 Å². The summed E-state index contributed by atoms with van der Waals surface area (Å²) in [6, 6.07) is 9.28. The van der Waals surface area contributed by atoms with Gasteiger partial charge in [-0.05, 0) is 41.7 Å². The van der Waals surface area contributed by atoms with Crippen LogP contribution in [0.5, 0.6) is 5.75 Å². The highest BCUT2D eigenvalue weighted by Gasteiger charge is 2.32. The van der Waals surface area contributed by atoms with Gasteiger partial charge in [-0.2, -0.15) is 11.8 Å². The molecule has 0 radical (unpaired) electrons. The van der Waals surface area contributed by atoms with Crippen LogP contribution in [0.1, 0.15) is 24.0 Å². The smallest absolute Gasteiger partial charge is 0.326 e. The van der Waals surface area contributed by atoms with Crippen LogP contribution < -0.4 is 21.7 Å². The molecule has 2 aromatic rings. The Bertz CT molecular complexity index is 1160. The van der Waals surface area contributed by atoms with Gasteiger partial charge in [0.05, 0.1) is 12.5 Å². The zero-order chi connectivity index (χ0) is 29.7. The summed E-state index contributed by atoms with van der Waals surface area (Å²) in [7, 11) is 0. The van der Waals surface area contributed by atoms with Crippen molar-refractivity contribution in [1.29, 1.82) is 0 Å². The number of nitrogens with one attached hydrogen (secondary N) is 3. The average molecular weight is 575 g/mol. The van der Waals surface area contributed by atoms with Crippen molar-refractivity contribution in [3.8, 4) is 5.75 Å². The highest BCUT2D eigenvalue weighted by Crippen LogP contribution is 2.12. The molecular formula is C27H34N4O8S. The number of aliphatic carboxylic acids is 2. The van der Waals surface area contributed by atoms with E-state index in [1.807, 2.05) is 6.26 Å². The molecule has 0 fully saturated rings. The molecule has 2 rings (SSSR count). The average Bonchev–Trinajstić information content (AvgIpc) is 2.91. The van der Waals surface area contributed by atoms with Crippen LogP contribution in [0.2, 0.25) is 0 Å². The first kappa shape index (κ1) is 32.1. The van der Waals surface area contributed by atoms with Gasteiger partial charge in [0.2, 0.25) is 17.7 Å². The highest BCUT2D eigenvalue weighted by atomic mass is 32.2. The van der Waals surface area contributed by atoms with Gasteiger partial charge in [0.1, 0.15) is 23.9 Å². The Kier molecular flexibility index (Phi) is 12.9. The molecule has 4 unspecified atom stereocenters. The lowest BCUT2D eigenvalue weighted by atomic mass is 10.0. The number of benzene rings is 2. The van der Waals surface area contributed by atoms with Crippen LogP contribution in [0, 0.1) is 0 Å². The minimum atomic E-state index is -1.63. The van der Waals surface area contributed by atoms with Crippen molar-refractivity contribution in [2.45, 2.75) is 49.9 Å². The Hall–Kier alpha value is -4.10. The third-order valence-corrected chi connectivity index (χ3v) is 6.53.